The van der Waals surface area contributed by atoms with Gasteiger partial charge in [-0.3, -0.25) is 14.5 Å². The van der Waals surface area contributed by atoms with E-state index in [1.165, 1.54) is 48.5 Å². The van der Waals surface area contributed by atoms with Gasteiger partial charge < -0.3 is 10.1 Å². The van der Waals surface area contributed by atoms with Gasteiger partial charge in [-0.1, -0.05) is 36.4 Å². The average molecular weight is 515 g/mol. The minimum absolute atomic E-state index is 0.0623. The van der Waals surface area contributed by atoms with Crippen molar-refractivity contribution in [2.24, 2.45) is 4.99 Å². The molecule has 2 aromatic rings. The Kier molecular flexibility index (Phi) is 9.46. The van der Waals surface area contributed by atoms with Gasteiger partial charge in [0, 0.05) is 5.56 Å². The molecular weight excluding hydrogens is 494 g/mol. The minimum atomic E-state index is -4.14. The first-order valence-electron chi connectivity index (χ1n) is 9.51. The molecule has 0 radical (unpaired) electrons. The number of amides is 1. The molecule has 2 N–H and O–H groups in total. The Bertz CT molecular complexity index is 1260. The number of sulfone groups is 1. The molecule has 0 fully saturated rings. The van der Waals surface area contributed by atoms with Gasteiger partial charge in [0.1, 0.15) is 18.3 Å². The third-order valence-corrected chi connectivity index (χ3v) is 7.02. The van der Waals surface area contributed by atoms with Crippen molar-refractivity contribution in [2.45, 2.75) is 23.3 Å². The van der Waals surface area contributed by atoms with Crippen LogP contribution >= 0.6 is 0 Å². The second-order valence-corrected chi connectivity index (χ2v) is 10.5. The van der Waals surface area contributed by atoms with Crippen molar-refractivity contribution in [1.82, 2.24) is 10.0 Å². The van der Waals surface area contributed by atoms with E-state index in [1.54, 1.807) is 12.1 Å². The first-order chi connectivity index (χ1) is 16.0. The predicted molar refractivity (Wildman–Crippen MR) is 118 cm³/mol. The van der Waals surface area contributed by atoms with Crippen molar-refractivity contribution in [2.75, 3.05) is 12.3 Å². The number of nitriles is 1. The zero-order valence-corrected chi connectivity index (χ0v) is 19.1. The van der Waals surface area contributed by atoms with E-state index in [9.17, 15) is 30.4 Å². The summed E-state index contributed by atoms with van der Waals surface area (Å²) in [6.45, 7) is -3.61. The third kappa shape index (κ3) is 8.41. The lowest BCUT2D eigenvalue weighted by molar-refractivity contribution is -0.121. The van der Waals surface area contributed by atoms with E-state index in [-0.39, 0.29) is 16.2 Å². The summed E-state index contributed by atoms with van der Waals surface area (Å²) in [6, 6.07) is 12.5. The van der Waals surface area contributed by atoms with Crippen LogP contribution < -0.4 is 14.8 Å². The average Bonchev–Trinajstić information content (AvgIpc) is 2.78. The van der Waals surface area contributed by atoms with Gasteiger partial charge in [0.2, 0.25) is 5.91 Å². The number of sulfonamides is 1. The number of benzene rings is 2. The van der Waals surface area contributed by atoms with E-state index < -0.39 is 56.5 Å². The lowest BCUT2D eigenvalue weighted by Crippen LogP contribution is -2.39. The normalized spacial score (nSPS) is 12.8. The number of halogens is 2. The van der Waals surface area contributed by atoms with Crippen LogP contribution in [0.5, 0.6) is 5.75 Å². The number of carbonyl (C=O) groups excluding carboxylic acids is 1. The van der Waals surface area contributed by atoms with Crippen LogP contribution in [0.4, 0.5) is 8.78 Å². The lowest BCUT2D eigenvalue weighted by Gasteiger charge is -2.14. The number of carbonyl (C=O) groups is 1. The summed E-state index contributed by atoms with van der Waals surface area (Å²) >= 11 is 0. The highest BCUT2D eigenvalue weighted by atomic mass is 32.2. The monoisotopic (exact) mass is 514 g/mol. The Labute approximate surface area is 195 Å². The number of hydrogen-bond donors (Lipinski definition) is 2. The summed E-state index contributed by atoms with van der Waals surface area (Å²) < 4.78 is 81.5. The summed E-state index contributed by atoms with van der Waals surface area (Å²) in [4.78, 5) is 16.0. The van der Waals surface area contributed by atoms with Gasteiger partial charge in [0.05, 0.1) is 28.8 Å². The highest BCUT2D eigenvalue weighted by molar-refractivity contribution is 7.90. The van der Waals surface area contributed by atoms with Crippen molar-refractivity contribution < 1.29 is 35.1 Å². The Hall–Kier alpha value is -3.57. The Morgan fingerprint density at radius 2 is 1.74 bits per heavy atom. The fourth-order valence-electron chi connectivity index (χ4n) is 2.66. The molecule has 0 heterocycles. The van der Waals surface area contributed by atoms with Gasteiger partial charge >= 0.3 is 6.61 Å². The molecule has 2 aromatic carbocycles. The molecule has 0 spiro atoms. The van der Waals surface area contributed by atoms with Crippen LogP contribution in [0.25, 0.3) is 0 Å². The summed E-state index contributed by atoms with van der Waals surface area (Å²) in [7, 11) is -8.17. The van der Waals surface area contributed by atoms with E-state index in [0.717, 1.165) is 0 Å². The lowest BCUT2D eigenvalue weighted by atomic mass is 10.2. The molecule has 0 aliphatic carbocycles. The van der Waals surface area contributed by atoms with Gasteiger partial charge in [-0.2, -0.15) is 14.0 Å². The smallest absolute Gasteiger partial charge is 0.387 e. The summed E-state index contributed by atoms with van der Waals surface area (Å²) in [5, 5.41) is 10.8. The molecule has 10 nitrogen and oxygen atoms in total. The van der Waals surface area contributed by atoms with Crippen LogP contribution in [0.15, 0.2) is 64.5 Å². The fraction of sp³-hybridized carbons (Fsp3) is 0.250. The topological polar surface area (TPSA) is 155 Å². The number of alkyl halides is 2. The van der Waals surface area contributed by atoms with Crippen LogP contribution in [0.2, 0.25) is 0 Å². The van der Waals surface area contributed by atoms with Crippen molar-refractivity contribution in [1.29, 1.82) is 5.26 Å². The van der Waals surface area contributed by atoms with Crippen LogP contribution in [-0.4, -0.2) is 54.0 Å². The minimum Gasteiger partial charge on any atom is -0.435 e. The molecule has 0 aliphatic rings. The second kappa shape index (κ2) is 12.1. The van der Waals surface area contributed by atoms with Crippen molar-refractivity contribution in [3.8, 4) is 11.8 Å². The fourth-order valence-corrected chi connectivity index (χ4v) is 5.06. The molecule has 0 unspecified atom stereocenters. The van der Waals surface area contributed by atoms with Gasteiger partial charge in [-0.15, -0.1) is 0 Å². The molecule has 1 amide bonds. The highest BCUT2D eigenvalue weighted by Crippen LogP contribution is 2.23. The molecule has 2 rings (SSSR count). The standard InChI is InChI=1S/C20H20F2N4O6S2/c21-20(22)32-18-9-5-4-6-15(18)12-33(28,29)13-17(19(27)24-11-10-23)25-14-26-34(30,31)16-7-2-1-3-8-16/h1-9,14,17,20H,11-13H2,(H,24,27)(H,25,26)/t17-/m1/s1. The van der Waals surface area contributed by atoms with E-state index >= 15 is 0 Å². The van der Waals surface area contributed by atoms with Gasteiger partial charge in [-0.05, 0) is 18.2 Å². The van der Waals surface area contributed by atoms with E-state index in [1.807, 2.05) is 4.72 Å². The number of nitrogens with zero attached hydrogens (tertiary/aromatic N) is 2. The SMILES string of the molecule is N#CCNC(=O)[C@@H](CS(=O)(=O)Cc1ccccc1OC(F)F)N=CNS(=O)(=O)c1ccccc1. The van der Waals surface area contributed by atoms with Crippen LogP contribution in [0.3, 0.4) is 0 Å². The quantitative estimate of drug-likeness (QED) is 0.245. The molecule has 0 aromatic heterocycles. The molecule has 0 bridgehead atoms. The first kappa shape index (κ1) is 26.7. The summed E-state index contributed by atoms with van der Waals surface area (Å²) in [6.07, 6.45) is 0.669. The molecule has 1 atom stereocenters. The number of hydrogen-bond acceptors (Lipinski definition) is 8. The second-order valence-electron chi connectivity index (χ2n) is 6.65. The van der Waals surface area contributed by atoms with Crippen molar-refractivity contribution in [3.05, 3.63) is 60.2 Å². The zero-order chi connectivity index (χ0) is 25.2. The molecule has 34 heavy (non-hydrogen) atoms. The first-order valence-corrected chi connectivity index (χ1v) is 12.8. The van der Waals surface area contributed by atoms with Crippen molar-refractivity contribution >= 4 is 32.1 Å². The summed E-state index contributed by atoms with van der Waals surface area (Å²) in [5.74, 6) is -2.93. The number of rotatable bonds is 12. The molecule has 0 saturated carbocycles. The third-order valence-electron chi connectivity index (χ3n) is 4.14. The van der Waals surface area contributed by atoms with Crippen molar-refractivity contribution in [3.63, 3.8) is 0 Å². The predicted octanol–water partition coefficient (Wildman–Crippen LogP) is 1.22. The Morgan fingerprint density at radius 1 is 1.09 bits per heavy atom. The number of para-hydroxylation sites is 1. The number of aliphatic imine (C=N–C) groups is 1. The van der Waals surface area contributed by atoms with E-state index in [4.69, 9.17) is 5.26 Å². The highest BCUT2D eigenvalue weighted by Gasteiger charge is 2.26. The van der Waals surface area contributed by atoms with E-state index in [2.05, 4.69) is 15.0 Å². The van der Waals surface area contributed by atoms with Gasteiger partial charge in [0.15, 0.2) is 9.84 Å². The van der Waals surface area contributed by atoms with Crippen LogP contribution in [-0.2, 0) is 30.4 Å². The molecule has 0 aliphatic heterocycles. The number of ether oxygens (including phenoxy) is 1. The Balaban J connectivity index is 2.21. The van der Waals surface area contributed by atoms with Gasteiger partial charge in [-0.25, -0.2) is 16.8 Å². The zero-order valence-electron chi connectivity index (χ0n) is 17.5. The Morgan fingerprint density at radius 3 is 2.38 bits per heavy atom. The number of nitrogens with one attached hydrogen (secondary N) is 2. The maximum Gasteiger partial charge on any atom is 0.387 e. The van der Waals surface area contributed by atoms with Crippen LogP contribution in [0, 0.1) is 11.3 Å². The maximum atomic E-state index is 12.7. The summed E-state index contributed by atoms with van der Waals surface area (Å²) in [5.41, 5.74) is -0.0623. The molecular formula is C20H20F2N4O6S2. The van der Waals surface area contributed by atoms with Gasteiger partial charge in [0.25, 0.3) is 10.0 Å². The molecule has 182 valence electrons. The van der Waals surface area contributed by atoms with Crippen LogP contribution in [0.1, 0.15) is 5.56 Å². The van der Waals surface area contributed by atoms with E-state index in [0.29, 0.717) is 6.34 Å². The molecule has 14 heteroatoms. The maximum absolute atomic E-state index is 12.7. The molecule has 0 saturated heterocycles. The largest absolute Gasteiger partial charge is 0.435 e.